The Labute approximate surface area is 292 Å². The number of carbonyl (C=O) groups is 5. The third-order valence-corrected chi connectivity index (χ3v) is 14.4. The molecule has 1 heterocycles. The smallest absolute Gasteiger partial charge is 0.315 e. The van der Waals surface area contributed by atoms with E-state index in [2.05, 4.69) is 27.2 Å². The van der Waals surface area contributed by atoms with Crippen LogP contribution in [0.5, 0.6) is 0 Å². The van der Waals surface area contributed by atoms with E-state index in [0.29, 0.717) is 45.2 Å². The summed E-state index contributed by atoms with van der Waals surface area (Å²) in [6.07, 6.45) is 11.3. The predicted molar refractivity (Wildman–Crippen MR) is 187 cm³/mol. The van der Waals surface area contributed by atoms with Crippen molar-refractivity contribution in [3.63, 3.8) is 0 Å². The Bertz CT molecular complexity index is 1470. The first kappa shape index (κ1) is 38.7. The number of sulfone groups is 1. The second kappa shape index (κ2) is 14.2. The molecule has 4 aliphatic rings. The van der Waals surface area contributed by atoms with Crippen LogP contribution < -0.4 is 21.3 Å². The Hall–Kier alpha value is -3.14. The molecule has 274 valence electrons. The fraction of sp³-hybridized carbons (Fsp3) is 0.806. The van der Waals surface area contributed by atoms with Crippen LogP contribution in [0, 0.1) is 35.0 Å². The van der Waals surface area contributed by atoms with E-state index in [-0.39, 0.29) is 41.8 Å². The SMILES string of the molecule is C#CCCC(NC(=O)C1C2C(CN1C(=O)[C@@H](NC(=O)NC1(CS(=O)(=O)C(C)(C)C)CCCCC1)C1(C)CC1)C2(C)C)C(=O)C(=O)NCCC. The van der Waals surface area contributed by atoms with Gasteiger partial charge in [0.25, 0.3) is 5.91 Å². The Kier molecular flexibility index (Phi) is 11.2. The van der Waals surface area contributed by atoms with Crippen LogP contribution in [0.25, 0.3) is 0 Å². The molecule has 4 unspecified atom stereocenters. The van der Waals surface area contributed by atoms with E-state index in [1.165, 1.54) is 4.90 Å². The summed E-state index contributed by atoms with van der Waals surface area (Å²) in [6, 6.07) is -3.58. The minimum absolute atomic E-state index is 0.0505. The number of carbonyl (C=O) groups excluding carboxylic acids is 5. The van der Waals surface area contributed by atoms with E-state index in [0.717, 1.165) is 19.3 Å². The van der Waals surface area contributed by atoms with Crippen molar-refractivity contribution < 1.29 is 32.4 Å². The van der Waals surface area contributed by atoms with Gasteiger partial charge >= 0.3 is 6.03 Å². The van der Waals surface area contributed by atoms with Gasteiger partial charge in [0, 0.05) is 19.5 Å². The molecule has 4 fully saturated rings. The molecule has 0 bridgehead atoms. The molecular formula is C36H57N5O7S. The van der Waals surface area contributed by atoms with E-state index in [1.54, 1.807) is 20.8 Å². The average molecular weight is 704 g/mol. The average Bonchev–Trinajstić information content (AvgIpc) is 3.80. The van der Waals surface area contributed by atoms with Gasteiger partial charge in [-0.25, -0.2) is 13.2 Å². The number of hydrogen-bond donors (Lipinski definition) is 4. The van der Waals surface area contributed by atoms with E-state index in [4.69, 9.17) is 6.42 Å². The van der Waals surface area contributed by atoms with Crippen molar-refractivity contribution in [2.24, 2.45) is 22.7 Å². The van der Waals surface area contributed by atoms with Crippen LogP contribution >= 0.6 is 0 Å². The van der Waals surface area contributed by atoms with E-state index in [1.807, 2.05) is 27.7 Å². The minimum Gasteiger partial charge on any atom is -0.349 e. The summed E-state index contributed by atoms with van der Waals surface area (Å²) >= 11 is 0. The summed E-state index contributed by atoms with van der Waals surface area (Å²) in [4.78, 5) is 69.4. The van der Waals surface area contributed by atoms with Gasteiger partial charge in [-0.05, 0) is 82.0 Å². The minimum atomic E-state index is -3.56. The number of ketones is 1. The summed E-state index contributed by atoms with van der Waals surface area (Å²) in [5.41, 5.74) is -1.69. The zero-order chi connectivity index (χ0) is 36.6. The highest BCUT2D eigenvalue weighted by molar-refractivity contribution is 7.92. The Morgan fingerprint density at radius 2 is 1.61 bits per heavy atom. The lowest BCUT2D eigenvalue weighted by Crippen LogP contribution is -2.63. The Balaban J connectivity index is 1.55. The largest absolute Gasteiger partial charge is 0.349 e. The Morgan fingerprint density at radius 1 is 0.980 bits per heavy atom. The molecule has 0 aromatic carbocycles. The van der Waals surface area contributed by atoms with E-state index < -0.39 is 67.3 Å². The van der Waals surface area contributed by atoms with Crippen molar-refractivity contribution >= 4 is 39.4 Å². The summed E-state index contributed by atoms with van der Waals surface area (Å²) in [7, 11) is -3.56. The van der Waals surface area contributed by atoms with Crippen molar-refractivity contribution in [1.29, 1.82) is 0 Å². The summed E-state index contributed by atoms with van der Waals surface area (Å²) in [5.74, 6) is -0.324. The molecule has 13 heteroatoms. The van der Waals surface area contributed by atoms with Crippen molar-refractivity contribution in [3.8, 4) is 12.3 Å². The highest BCUT2D eigenvalue weighted by atomic mass is 32.2. The summed E-state index contributed by atoms with van der Waals surface area (Å²) in [5, 5.41) is 11.3. The van der Waals surface area contributed by atoms with Crippen LogP contribution in [0.3, 0.4) is 0 Å². The molecule has 0 aromatic rings. The van der Waals surface area contributed by atoms with Crippen LogP contribution in [-0.4, -0.2) is 90.1 Å². The molecule has 4 N–H and O–H groups in total. The Morgan fingerprint density at radius 3 is 2.16 bits per heavy atom. The zero-order valence-electron chi connectivity index (χ0n) is 30.4. The van der Waals surface area contributed by atoms with Crippen LogP contribution in [0.1, 0.15) is 113 Å². The number of likely N-dealkylation sites (tertiary alicyclic amines) is 1. The maximum atomic E-state index is 14.5. The number of fused-ring (bicyclic) bond motifs is 1. The van der Waals surface area contributed by atoms with Crippen molar-refractivity contribution in [3.05, 3.63) is 0 Å². The highest BCUT2D eigenvalue weighted by Gasteiger charge is 2.70. The highest BCUT2D eigenvalue weighted by Crippen LogP contribution is 2.65. The van der Waals surface area contributed by atoms with Gasteiger partial charge in [-0.2, -0.15) is 0 Å². The number of amides is 5. The molecule has 12 nitrogen and oxygen atoms in total. The number of hydrogen-bond acceptors (Lipinski definition) is 7. The normalized spacial score (nSPS) is 25.8. The monoisotopic (exact) mass is 703 g/mol. The zero-order valence-corrected chi connectivity index (χ0v) is 31.2. The fourth-order valence-corrected chi connectivity index (χ4v) is 9.28. The quantitative estimate of drug-likeness (QED) is 0.159. The number of Topliss-reactive ketones (excluding diaryl/α,β-unsaturated/α-hetero) is 1. The number of nitrogens with one attached hydrogen (secondary N) is 4. The second-order valence-corrected chi connectivity index (χ2v) is 19.5. The molecule has 49 heavy (non-hydrogen) atoms. The molecule has 0 aromatic heterocycles. The topological polar surface area (TPSA) is 171 Å². The molecular weight excluding hydrogens is 646 g/mol. The lowest BCUT2D eigenvalue weighted by Gasteiger charge is -2.40. The molecule has 3 saturated carbocycles. The van der Waals surface area contributed by atoms with Crippen LogP contribution in [-0.2, 0) is 29.0 Å². The molecule has 0 spiro atoms. The van der Waals surface area contributed by atoms with Gasteiger partial charge in [-0.1, -0.05) is 47.0 Å². The van der Waals surface area contributed by atoms with Gasteiger partial charge < -0.3 is 26.2 Å². The van der Waals surface area contributed by atoms with Crippen LogP contribution in [0.4, 0.5) is 4.79 Å². The van der Waals surface area contributed by atoms with Gasteiger partial charge in [0.15, 0.2) is 9.84 Å². The number of terminal acetylenes is 1. The second-order valence-electron chi connectivity index (χ2n) is 16.7. The first-order chi connectivity index (χ1) is 22.7. The van der Waals surface area contributed by atoms with Gasteiger partial charge in [0.05, 0.1) is 22.1 Å². The molecule has 0 radical (unpaired) electrons. The van der Waals surface area contributed by atoms with Crippen molar-refractivity contribution in [2.75, 3.05) is 18.8 Å². The summed E-state index contributed by atoms with van der Waals surface area (Å²) in [6.45, 7) is 13.5. The molecule has 5 atom stereocenters. The van der Waals surface area contributed by atoms with Gasteiger partial charge in [0.2, 0.25) is 17.6 Å². The molecule has 5 amide bonds. The standard InChI is InChI=1S/C36H57N5O7S/c1-9-11-15-24(27(42)30(44)37-20-10-2)38-29(43)26-25-23(34(25,6)7)21-41(26)31(45)28(35(8)18-19-35)39-32(46)40-36(16-13-12-14-17-36)22-49(47,48)33(3,4)5/h1,23-26,28H,10-22H2,2-8H3,(H,37,44)(H,38,43)(H2,39,40,46)/t23?,24?,25?,26?,28-/m1/s1. The first-order valence-electron chi connectivity index (χ1n) is 17.9. The number of urea groups is 1. The molecule has 3 aliphatic carbocycles. The van der Waals surface area contributed by atoms with E-state index in [9.17, 15) is 32.4 Å². The number of piperidine rings is 1. The van der Waals surface area contributed by atoms with Gasteiger partial charge in [-0.3, -0.25) is 19.2 Å². The number of nitrogens with zero attached hydrogens (tertiary/aromatic N) is 1. The maximum absolute atomic E-state index is 14.5. The third-order valence-electron chi connectivity index (χ3n) is 11.6. The van der Waals surface area contributed by atoms with Crippen molar-refractivity contribution in [2.45, 2.75) is 141 Å². The van der Waals surface area contributed by atoms with Gasteiger partial charge in [0.1, 0.15) is 12.1 Å². The van der Waals surface area contributed by atoms with Gasteiger partial charge in [-0.15, -0.1) is 12.3 Å². The van der Waals surface area contributed by atoms with Crippen LogP contribution in [0.2, 0.25) is 0 Å². The predicted octanol–water partition coefficient (Wildman–Crippen LogP) is 2.85. The molecule has 4 rings (SSSR count). The lowest BCUT2D eigenvalue weighted by molar-refractivity contribution is -0.144. The lowest BCUT2D eigenvalue weighted by atomic mass is 9.83. The summed E-state index contributed by atoms with van der Waals surface area (Å²) < 4.78 is 25.6. The van der Waals surface area contributed by atoms with Crippen molar-refractivity contribution in [1.82, 2.24) is 26.2 Å². The molecule has 1 aliphatic heterocycles. The third kappa shape index (κ3) is 8.26. The van der Waals surface area contributed by atoms with Crippen LogP contribution in [0.15, 0.2) is 0 Å². The first-order valence-corrected chi connectivity index (χ1v) is 19.6. The maximum Gasteiger partial charge on any atom is 0.315 e. The fourth-order valence-electron chi connectivity index (χ4n) is 7.76. The number of rotatable bonds is 14. The van der Waals surface area contributed by atoms with E-state index >= 15 is 0 Å². The molecule has 1 saturated heterocycles.